The Morgan fingerprint density at radius 1 is 1.53 bits per heavy atom. The average Bonchev–Trinajstić information content (AvgIpc) is 2.28. The van der Waals surface area contributed by atoms with Gasteiger partial charge < -0.3 is 15.6 Å². The van der Waals surface area contributed by atoms with Gasteiger partial charge in [0, 0.05) is 6.54 Å². The summed E-state index contributed by atoms with van der Waals surface area (Å²) in [6, 6.07) is 3.65. The van der Waals surface area contributed by atoms with Crippen LogP contribution in [0.1, 0.15) is 23.7 Å². The van der Waals surface area contributed by atoms with Crippen LogP contribution in [-0.2, 0) is 6.42 Å². The number of aliphatic hydroxyl groups is 1. The van der Waals surface area contributed by atoms with Crippen LogP contribution in [0.5, 0.6) is 5.75 Å². The molecule has 1 atom stereocenters. The maximum atomic E-state index is 9.63. The molecular weight excluding hydrogens is 214 g/mol. The Morgan fingerprint density at radius 2 is 2.33 bits per heavy atom. The first kappa shape index (κ1) is 10.7. The quantitative estimate of drug-likeness (QED) is 0.808. The van der Waals surface area contributed by atoms with Crippen LogP contribution in [0.25, 0.3) is 0 Å². The van der Waals surface area contributed by atoms with Crippen LogP contribution in [0.3, 0.4) is 0 Å². The second-order valence-corrected chi connectivity index (χ2v) is 4.10. The first-order valence-corrected chi connectivity index (χ1v) is 5.43. The van der Waals surface area contributed by atoms with Crippen LogP contribution >= 0.6 is 11.6 Å². The van der Waals surface area contributed by atoms with Gasteiger partial charge in [-0.05, 0) is 36.1 Å². The molecule has 1 aliphatic heterocycles. The SMILES string of the molecule is NCC(O)c1cc(Cl)c2c(c1)CCCO2. The highest BCUT2D eigenvalue weighted by Gasteiger charge is 2.17. The minimum absolute atomic E-state index is 0.204. The third kappa shape index (κ3) is 2.09. The lowest BCUT2D eigenvalue weighted by Gasteiger charge is -2.20. The monoisotopic (exact) mass is 227 g/mol. The fourth-order valence-corrected chi connectivity index (χ4v) is 2.09. The highest BCUT2D eigenvalue weighted by molar-refractivity contribution is 6.32. The predicted molar refractivity (Wildman–Crippen MR) is 59.3 cm³/mol. The summed E-state index contributed by atoms with van der Waals surface area (Å²) in [5, 5.41) is 10.2. The van der Waals surface area contributed by atoms with E-state index in [4.69, 9.17) is 22.1 Å². The Hall–Kier alpha value is -0.770. The molecule has 1 unspecified atom stereocenters. The van der Waals surface area contributed by atoms with Gasteiger partial charge in [0.15, 0.2) is 0 Å². The van der Waals surface area contributed by atoms with Crippen LogP contribution in [0, 0.1) is 0 Å². The Bertz CT molecular complexity index is 368. The number of aliphatic hydroxyl groups excluding tert-OH is 1. The topological polar surface area (TPSA) is 55.5 Å². The van der Waals surface area contributed by atoms with E-state index in [1.807, 2.05) is 6.07 Å². The molecule has 0 radical (unpaired) electrons. The summed E-state index contributed by atoms with van der Waals surface area (Å²) in [4.78, 5) is 0. The third-order valence-corrected chi connectivity index (χ3v) is 2.87. The van der Waals surface area contributed by atoms with E-state index in [-0.39, 0.29) is 6.54 Å². The molecule has 0 aromatic heterocycles. The molecule has 4 heteroatoms. The number of halogens is 1. The fraction of sp³-hybridized carbons (Fsp3) is 0.455. The van der Waals surface area contributed by atoms with Gasteiger partial charge in [-0.3, -0.25) is 0 Å². The van der Waals surface area contributed by atoms with Gasteiger partial charge in [0.25, 0.3) is 0 Å². The first-order valence-electron chi connectivity index (χ1n) is 5.05. The zero-order valence-corrected chi connectivity index (χ0v) is 9.13. The number of hydrogen-bond donors (Lipinski definition) is 2. The molecule has 2 rings (SSSR count). The van der Waals surface area contributed by atoms with Crippen molar-refractivity contribution in [1.82, 2.24) is 0 Å². The van der Waals surface area contributed by atoms with Crippen molar-refractivity contribution in [2.24, 2.45) is 5.73 Å². The molecule has 1 aliphatic rings. The van der Waals surface area contributed by atoms with Gasteiger partial charge in [0.05, 0.1) is 17.7 Å². The van der Waals surface area contributed by atoms with Crippen LogP contribution in [0.4, 0.5) is 0 Å². The Morgan fingerprint density at radius 3 is 3.07 bits per heavy atom. The van der Waals surface area contributed by atoms with E-state index >= 15 is 0 Å². The van der Waals surface area contributed by atoms with Gasteiger partial charge in [0.1, 0.15) is 5.75 Å². The maximum absolute atomic E-state index is 9.63. The van der Waals surface area contributed by atoms with Crippen LogP contribution < -0.4 is 10.5 Å². The summed E-state index contributed by atoms with van der Waals surface area (Å²) in [7, 11) is 0. The van der Waals surface area contributed by atoms with Gasteiger partial charge in [0.2, 0.25) is 0 Å². The van der Waals surface area contributed by atoms with E-state index in [0.717, 1.165) is 29.7 Å². The van der Waals surface area contributed by atoms with Gasteiger partial charge in [-0.1, -0.05) is 11.6 Å². The number of rotatable bonds is 2. The molecule has 3 nitrogen and oxygen atoms in total. The summed E-state index contributed by atoms with van der Waals surface area (Å²) < 4.78 is 5.48. The van der Waals surface area contributed by atoms with Gasteiger partial charge in [-0.25, -0.2) is 0 Å². The third-order valence-electron chi connectivity index (χ3n) is 2.59. The zero-order valence-electron chi connectivity index (χ0n) is 8.37. The lowest BCUT2D eigenvalue weighted by molar-refractivity contribution is 0.186. The average molecular weight is 228 g/mol. The molecule has 0 amide bonds. The van der Waals surface area contributed by atoms with Crippen molar-refractivity contribution in [1.29, 1.82) is 0 Å². The molecule has 15 heavy (non-hydrogen) atoms. The van der Waals surface area contributed by atoms with E-state index in [2.05, 4.69) is 0 Å². The van der Waals surface area contributed by atoms with E-state index in [9.17, 15) is 5.11 Å². The minimum atomic E-state index is -0.644. The summed E-state index contributed by atoms with van der Waals surface area (Å²) >= 11 is 6.07. The molecule has 1 aromatic rings. The Labute approximate surface area is 93.8 Å². The maximum Gasteiger partial charge on any atom is 0.141 e. The predicted octanol–water partition coefficient (Wildman–Crippen LogP) is 1.66. The largest absolute Gasteiger partial charge is 0.492 e. The van der Waals surface area contributed by atoms with E-state index in [1.54, 1.807) is 6.07 Å². The molecule has 1 heterocycles. The van der Waals surface area contributed by atoms with Crippen molar-refractivity contribution >= 4 is 11.6 Å². The smallest absolute Gasteiger partial charge is 0.141 e. The summed E-state index contributed by atoms with van der Waals surface area (Å²) in [6.07, 6.45) is 1.29. The molecule has 3 N–H and O–H groups in total. The van der Waals surface area contributed by atoms with Crippen molar-refractivity contribution in [3.63, 3.8) is 0 Å². The van der Waals surface area contributed by atoms with E-state index in [0.29, 0.717) is 11.6 Å². The van der Waals surface area contributed by atoms with Gasteiger partial charge in [-0.2, -0.15) is 0 Å². The van der Waals surface area contributed by atoms with Crippen molar-refractivity contribution < 1.29 is 9.84 Å². The van der Waals surface area contributed by atoms with Crippen LogP contribution in [0.2, 0.25) is 5.02 Å². The van der Waals surface area contributed by atoms with Crippen molar-refractivity contribution in [2.75, 3.05) is 13.2 Å². The molecular formula is C11H14ClNO2. The Kier molecular flexibility index (Phi) is 3.14. The molecule has 0 saturated carbocycles. The van der Waals surface area contributed by atoms with Crippen molar-refractivity contribution in [3.05, 3.63) is 28.3 Å². The second-order valence-electron chi connectivity index (χ2n) is 3.69. The molecule has 0 bridgehead atoms. The lowest BCUT2D eigenvalue weighted by atomic mass is 10.0. The number of nitrogens with two attached hydrogens (primary N) is 1. The van der Waals surface area contributed by atoms with Gasteiger partial charge >= 0.3 is 0 Å². The van der Waals surface area contributed by atoms with E-state index in [1.165, 1.54) is 0 Å². The molecule has 0 spiro atoms. The lowest BCUT2D eigenvalue weighted by Crippen LogP contribution is -2.14. The minimum Gasteiger partial charge on any atom is -0.492 e. The molecule has 0 fully saturated rings. The number of benzene rings is 1. The second kappa shape index (κ2) is 4.39. The summed E-state index contributed by atoms with van der Waals surface area (Å²) in [5.74, 6) is 0.760. The van der Waals surface area contributed by atoms with Crippen molar-refractivity contribution in [2.45, 2.75) is 18.9 Å². The standard InChI is InChI=1S/C11H14ClNO2/c12-9-5-8(10(14)6-13)4-7-2-1-3-15-11(7)9/h4-5,10,14H,1-3,6,13H2. The molecule has 1 aromatic carbocycles. The summed E-state index contributed by atoms with van der Waals surface area (Å²) in [6.45, 7) is 0.918. The molecule has 0 saturated heterocycles. The number of aryl methyl sites for hydroxylation is 1. The number of fused-ring (bicyclic) bond motifs is 1. The number of hydrogen-bond acceptors (Lipinski definition) is 3. The zero-order chi connectivity index (χ0) is 10.8. The number of ether oxygens (including phenoxy) is 1. The van der Waals surface area contributed by atoms with Crippen LogP contribution in [-0.4, -0.2) is 18.3 Å². The fourth-order valence-electron chi connectivity index (χ4n) is 1.79. The summed E-state index contributed by atoms with van der Waals surface area (Å²) in [5.41, 5.74) is 7.24. The van der Waals surface area contributed by atoms with Crippen molar-refractivity contribution in [3.8, 4) is 5.75 Å². The van der Waals surface area contributed by atoms with Crippen LogP contribution in [0.15, 0.2) is 12.1 Å². The highest BCUT2D eigenvalue weighted by Crippen LogP contribution is 2.35. The molecule has 82 valence electrons. The van der Waals surface area contributed by atoms with E-state index < -0.39 is 6.10 Å². The Balaban J connectivity index is 2.40. The normalized spacial score (nSPS) is 16.7. The highest BCUT2D eigenvalue weighted by atomic mass is 35.5. The first-order chi connectivity index (χ1) is 7.22. The molecule has 0 aliphatic carbocycles. The van der Waals surface area contributed by atoms with Gasteiger partial charge in [-0.15, -0.1) is 0 Å².